The Hall–Kier alpha value is -2.07. The average Bonchev–Trinajstić information content (AvgIpc) is 2.75. The van der Waals surface area contributed by atoms with Gasteiger partial charge in [0.05, 0.1) is 6.04 Å². The molecule has 0 spiro atoms. The Kier molecular flexibility index (Phi) is 12.1. The first-order chi connectivity index (χ1) is 15.2. The number of rotatable bonds is 7. The van der Waals surface area contributed by atoms with Crippen LogP contribution in [0.3, 0.4) is 0 Å². The van der Waals surface area contributed by atoms with Gasteiger partial charge in [0.2, 0.25) is 0 Å². The van der Waals surface area contributed by atoms with Crippen LogP contribution in [0.25, 0.3) is 0 Å². The molecule has 0 saturated heterocycles. The largest absolute Gasteiger partial charge is 1.00 e. The van der Waals surface area contributed by atoms with Crippen molar-refractivity contribution in [3.63, 3.8) is 0 Å². The molecule has 0 aliphatic carbocycles. The zero-order valence-corrected chi connectivity index (χ0v) is 23.8. The number of hydrogen-bond acceptors (Lipinski definition) is 5. The van der Waals surface area contributed by atoms with E-state index in [4.69, 9.17) is 0 Å². The molecular weight excluding hydrogens is 456 g/mol. The van der Waals surface area contributed by atoms with Crippen LogP contribution in [0, 0.1) is 6.92 Å². The van der Waals surface area contributed by atoms with Gasteiger partial charge in [0.15, 0.2) is 0 Å². The maximum Gasteiger partial charge on any atom is 1.00 e. The Bertz CT molecular complexity index is 1210. The molecule has 0 bridgehead atoms. The van der Waals surface area contributed by atoms with Gasteiger partial charge in [-0.25, -0.2) is 4.79 Å². The van der Waals surface area contributed by atoms with E-state index in [2.05, 4.69) is 10.6 Å². The summed E-state index contributed by atoms with van der Waals surface area (Å²) in [5.74, 6) is -1.99. The van der Waals surface area contributed by atoms with Gasteiger partial charge < -0.3 is 30.2 Å². The van der Waals surface area contributed by atoms with Crippen LogP contribution in [0.5, 0.6) is 5.75 Å². The van der Waals surface area contributed by atoms with Crippen molar-refractivity contribution in [1.82, 2.24) is 9.88 Å². The fraction of sp³-hybridized carbons (Fsp3) is 0.208. The molecule has 10 heteroatoms. The van der Waals surface area contributed by atoms with Gasteiger partial charge in [-0.05, 0) is 35.6 Å². The van der Waals surface area contributed by atoms with Crippen LogP contribution in [0.4, 0.5) is 10.5 Å². The quantitative estimate of drug-likeness (QED) is 0.330. The Labute approximate surface area is 242 Å². The summed E-state index contributed by atoms with van der Waals surface area (Å²) in [6.07, 6.45) is 1.47. The second-order valence-corrected chi connectivity index (χ2v) is 7.55. The number of carbonyl (C=O) groups excluding carboxylic acids is 2. The Morgan fingerprint density at radius 2 is 1.76 bits per heavy atom. The molecule has 34 heavy (non-hydrogen) atoms. The number of benzene rings is 2. The molecule has 8 nitrogen and oxygen atoms in total. The minimum absolute atomic E-state index is 0. The van der Waals surface area contributed by atoms with Gasteiger partial charge in [-0.3, -0.25) is 4.79 Å². The van der Waals surface area contributed by atoms with Crippen molar-refractivity contribution in [2.24, 2.45) is 7.05 Å². The topological polar surface area (TPSA) is 126 Å². The summed E-state index contributed by atoms with van der Waals surface area (Å²) < 4.78 is 1.16. The van der Waals surface area contributed by atoms with Gasteiger partial charge in [-0.1, -0.05) is 60.3 Å². The maximum absolute atomic E-state index is 12.5. The van der Waals surface area contributed by atoms with E-state index in [-0.39, 0.29) is 59.1 Å². The van der Waals surface area contributed by atoms with Crippen LogP contribution in [0.1, 0.15) is 34.7 Å². The molecule has 0 radical (unpaired) electrons. The third-order valence-electron chi connectivity index (χ3n) is 5.15. The van der Waals surface area contributed by atoms with Gasteiger partial charge >= 0.3 is 65.1 Å². The molecule has 0 unspecified atom stereocenters. The second-order valence-electron chi connectivity index (χ2n) is 7.55. The number of carboxylic acid groups (broad SMARTS) is 1. The van der Waals surface area contributed by atoms with E-state index >= 15 is 0 Å². The predicted octanol–water partition coefficient (Wildman–Crippen LogP) is -4.63. The van der Waals surface area contributed by atoms with E-state index in [9.17, 15) is 24.6 Å². The Morgan fingerprint density at radius 1 is 1.06 bits per heavy atom. The predicted molar refractivity (Wildman–Crippen MR) is 116 cm³/mol. The normalized spacial score (nSPS) is 10.9. The van der Waals surface area contributed by atoms with Gasteiger partial charge in [-0.2, -0.15) is 0 Å². The summed E-state index contributed by atoms with van der Waals surface area (Å²) in [4.78, 5) is 35.9. The first-order valence-corrected chi connectivity index (χ1v) is 10.0. The van der Waals surface area contributed by atoms with E-state index < -0.39 is 41.5 Å². The molecular formula is C24H23N3Na2O5. The molecule has 3 aromatic rings. The third-order valence-corrected chi connectivity index (χ3v) is 5.15. The molecule has 2 N–H and O–H groups in total. The van der Waals surface area contributed by atoms with E-state index in [1.807, 2.05) is 43.3 Å². The average molecular weight is 479 g/mol. The van der Waals surface area contributed by atoms with Gasteiger partial charge in [-0.15, -0.1) is 0 Å². The standard InChI is InChI=1S/C24H25N3O5.2Na/c1-15-6-3-4-8-17(15)12-16-7-5-9-18(13-16)19(14-21(29)30)25-24(32)26-22-20(28)10-11-27(2)23(22)31;;/h3-11,13,19,28H,12,14H2,1-2H3,(H,29,30)(H2,25,26,32);;/q;2*+1/p-2/t19-;;/m1../s1. The van der Waals surface area contributed by atoms with Crippen molar-refractivity contribution in [2.45, 2.75) is 25.8 Å². The van der Waals surface area contributed by atoms with Crippen LogP contribution < -0.4 is 85.5 Å². The molecule has 1 aromatic heterocycles. The first kappa shape index (κ1) is 30.0. The molecule has 2 amide bonds. The maximum atomic E-state index is 12.5. The van der Waals surface area contributed by atoms with Gasteiger partial charge in [0, 0.05) is 25.6 Å². The van der Waals surface area contributed by atoms with Crippen molar-refractivity contribution in [3.8, 4) is 5.75 Å². The number of pyridine rings is 1. The second kappa shape index (κ2) is 13.7. The zero-order chi connectivity index (χ0) is 23.3. The number of amides is 2. The van der Waals surface area contributed by atoms with Gasteiger partial charge in [0.1, 0.15) is 5.69 Å². The Balaban J connectivity index is 0.00000289. The monoisotopic (exact) mass is 479 g/mol. The van der Waals surface area contributed by atoms with E-state index in [0.717, 1.165) is 27.3 Å². The number of nitrogens with one attached hydrogen (secondary N) is 2. The summed E-state index contributed by atoms with van der Waals surface area (Å²) in [6.45, 7) is 2.02. The number of carboxylic acids is 1. The van der Waals surface area contributed by atoms with Crippen molar-refractivity contribution in [1.29, 1.82) is 0 Å². The third kappa shape index (κ3) is 8.01. The molecule has 1 atom stereocenters. The molecule has 3 rings (SSSR count). The number of anilines is 1. The SMILES string of the molecule is Cc1ccccc1Cc1cccc([C@@H](CC(=O)[O-])NC(=O)Nc2c([O-])ccn(C)c2=O)c1.[Na+].[Na+]. The number of aromatic nitrogens is 1. The van der Waals surface area contributed by atoms with Crippen LogP contribution in [-0.4, -0.2) is 16.6 Å². The number of hydrogen-bond donors (Lipinski definition) is 2. The fourth-order valence-corrected chi connectivity index (χ4v) is 3.40. The number of carbonyl (C=O) groups is 2. The first-order valence-electron chi connectivity index (χ1n) is 10.0. The molecule has 2 aromatic carbocycles. The summed E-state index contributed by atoms with van der Waals surface area (Å²) in [7, 11) is 1.45. The molecule has 1 heterocycles. The number of aryl methyl sites for hydroxylation is 2. The van der Waals surface area contributed by atoms with E-state index in [0.29, 0.717) is 12.0 Å². The van der Waals surface area contributed by atoms with Gasteiger partial charge in [0.25, 0.3) is 5.56 Å². The molecule has 0 fully saturated rings. The fourth-order valence-electron chi connectivity index (χ4n) is 3.40. The van der Waals surface area contributed by atoms with Crippen LogP contribution in [0.2, 0.25) is 0 Å². The number of aliphatic carboxylic acids is 1. The number of urea groups is 1. The van der Waals surface area contributed by atoms with E-state index in [1.54, 1.807) is 12.1 Å². The van der Waals surface area contributed by atoms with Crippen molar-refractivity contribution in [2.75, 3.05) is 5.32 Å². The minimum Gasteiger partial charge on any atom is -0.871 e. The molecule has 166 valence electrons. The number of nitrogens with zero attached hydrogens (tertiary/aromatic N) is 1. The molecule has 0 aliphatic rings. The Morgan fingerprint density at radius 3 is 2.44 bits per heavy atom. The van der Waals surface area contributed by atoms with Crippen LogP contribution in [-0.2, 0) is 18.3 Å². The molecule has 0 saturated carbocycles. The summed E-state index contributed by atoms with van der Waals surface area (Å²) >= 11 is 0. The summed E-state index contributed by atoms with van der Waals surface area (Å²) in [5, 5.41) is 28.0. The zero-order valence-electron chi connectivity index (χ0n) is 19.8. The molecule has 0 aliphatic heterocycles. The van der Waals surface area contributed by atoms with Crippen molar-refractivity contribution >= 4 is 17.7 Å². The van der Waals surface area contributed by atoms with E-state index in [1.165, 1.54) is 13.2 Å². The minimum atomic E-state index is -1.35. The van der Waals surface area contributed by atoms with Crippen molar-refractivity contribution < 1.29 is 78.9 Å². The smallest absolute Gasteiger partial charge is 0.871 e. The summed E-state index contributed by atoms with van der Waals surface area (Å²) in [5.41, 5.74) is 2.71. The van der Waals surface area contributed by atoms with Crippen LogP contribution in [0.15, 0.2) is 65.6 Å². The van der Waals surface area contributed by atoms with Crippen LogP contribution >= 0.6 is 0 Å². The summed E-state index contributed by atoms with van der Waals surface area (Å²) in [6, 6.07) is 14.6. The van der Waals surface area contributed by atoms with Crippen molar-refractivity contribution in [3.05, 3.63) is 93.4 Å².